The minimum Gasteiger partial charge on any atom is -0.492 e. The molecule has 11 heteroatoms. The number of amides is 2. The van der Waals surface area contributed by atoms with Gasteiger partial charge in [-0.05, 0) is 37.9 Å². The van der Waals surface area contributed by atoms with Crippen molar-refractivity contribution in [2.45, 2.75) is 31.3 Å². The fourth-order valence-corrected chi connectivity index (χ4v) is 4.83. The normalized spacial score (nSPS) is 22.3. The van der Waals surface area contributed by atoms with Crippen molar-refractivity contribution in [1.29, 1.82) is 0 Å². The van der Waals surface area contributed by atoms with Crippen LogP contribution in [0.5, 0.6) is 5.75 Å². The first kappa shape index (κ1) is 23.3. The zero-order chi connectivity index (χ0) is 24.7. The van der Waals surface area contributed by atoms with E-state index in [2.05, 4.69) is 15.2 Å². The van der Waals surface area contributed by atoms with Crippen molar-refractivity contribution in [3.63, 3.8) is 0 Å². The summed E-state index contributed by atoms with van der Waals surface area (Å²) in [6.07, 6.45) is 3.08. The number of nitrogens with one attached hydrogen (secondary N) is 2. The van der Waals surface area contributed by atoms with Gasteiger partial charge in [-0.2, -0.15) is 0 Å². The maximum atomic E-state index is 13.5. The monoisotopic (exact) mass is 485 g/mol. The van der Waals surface area contributed by atoms with Crippen LogP contribution < -0.4 is 21.3 Å². The van der Waals surface area contributed by atoms with Crippen molar-refractivity contribution >= 4 is 11.8 Å². The Morgan fingerprint density at radius 1 is 1.23 bits per heavy atom. The van der Waals surface area contributed by atoms with E-state index in [4.69, 9.17) is 4.74 Å². The third-order valence-corrected chi connectivity index (χ3v) is 6.92. The van der Waals surface area contributed by atoms with E-state index in [1.54, 1.807) is 11.0 Å². The molecule has 5 rings (SSSR count). The Kier molecular flexibility index (Phi) is 6.18. The van der Waals surface area contributed by atoms with Crippen molar-refractivity contribution < 1.29 is 18.7 Å². The van der Waals surface area contributed by atoms with Gasteiger partial charge in [0.05, 0.1) is 12.0 Å². The molecule has 0 bridgehead atoms. The molecule has 0 spiro atoms. The second kappa shape index (κ2) is 9.29. The van der Waals surface area contributed by atoms with Gasteiger partial charge in [0.15, 0.2) is 0 Å². The zero-order valence-corrected chi connectivity index (χ0v) is 19.5. The molecule has 1 aliphatic carbocycles. The molecule has 1 saturated heterocycles. The lowest BCUT2D eigenvalue weighted by Crippen LogP contribution is -2.59. The summed E-state index contributed by atoms with van der Waals surface area (Å²) in [4.78, 5) is 57.3. The molecule has 3 heterocycles. The average molecular weight is 486 g/mol. The van der Waals surface area contributed by atoms with Crippen LogP contribution in [-0.2, 0) is 11.2 Å². The molecule has 2 amide bonds. The number of aromatic amines is 1. The fourth-order valence-electron chi connectivity index (χ4n) is 4.83. The van der Waals surface area contributed by atoms with E-state index in [-0.39, 0.29) is 42.5 Å². The Morgan fingerprint density at radius 3 is 2.80 bits per heavy atom. The highest BCUT2D eigenvalue weighted by atomic mass is 19.1. The Balaban J connectivity index is 1.28. The molecule has 1 saturated carbocycles. The second-order valence-electron chi connectivity index (χ2n) is 9.54. The number of ether oxygens (including phenoxy) is 1. The van der Waals surface area contributed by atoms with Crippen LogP contribution in [-0.4, -0.2) is 77.0 Å². The summed E-state index contributed by atoms with van der Waals surface area (Å²) in [6, 6.07) is 3.88. The number of hydrogen-bond acceptors (Lipinski definition) is 6. The van der Waals surface area contributed by atoms with Gasteiger partial charge in [-0.15, -0.1) is 0 Å². The number of benzene rings is 1. The lowest BCUT2D eigenvalue weighted by atomic mass is 9.94. The number of aromatic nitrogens is 2. The molecular formula is C24H28FN5O5. The van der Waals surface area contributed by atoms with Gasteiger partial charge in [0.25, 0.3) is 11.5 Å². The van der Waals surface area contributed by atoms with E-state index < -0.39 is 23.1 Å². The number of piperazine rings is 1. The highest BCUT2D eigenvalue weighted by Gasteiger charge is 2.36. The minimum atomic E-state index is -0.600. The quantitative estimate of drug-likeness (QED) is 0.622. The molecule has 2 fully saturated rings. The highest BCUT2D eigenvalue weighted by Crippen LogP contribution is 2.32. The second-order valence-corrected chi connectivity index (χ2v) is 9.54. The van der Waals surface area contributed by atoms with Crippen LogP contribution in [0.1, 0.15) is 34.8 Å². The Labute approximate surface area is 200 Å². The van der Waals surface area contributed by atoms with Crippen molar-refractivity contribution in [1.82, 2.24) is 24.7 Å². The van der Waals surface area contributed by atoms with E-state index in [1.807, 2.05) is 7.05 Å². The molecule has 2 aliphatic heterocycles. The molecule has 1 aromatic heterocycles. The van der Waals surface area contributed by atoms with Crippen molar-refractivity contribution in [3.8, 4) is 5.75 Å². The third kappa shape index (κ3) is 4.72. The maximum absolute atomic E-state index is 13.5. The largest absolute Gasteiger partial charge is 0.492 e. The topological polar surface area (TPSA) is 117 Å². The highest BCUT2D eigenvalue weighted by molar-refractivity contribution is 5.93. The minimum absolute atomic E-state index is 0.0764. The van der Waals surface area contributed by atoms with Crippen molar-refractivity contribution in [2.75, 3.05) is 39.8 Å². The molecule has 35 heavy (non-hydrogen) atoms. The van der Waals surface area contributed by atoms with Gasteiger partial charge in [-0.3, -0.25) is 19.0 Å². The van der Waals surface area contributed by atoms with Crippen LogP contribution in [0, 0.1) is 11.7 Å². The molecule has 186 valence electrons. The van der Waals surface area contributed by atoms with Crippen LogP contribution in [0.4, 0.5) is 4.39 Å². The van der Waals surface area contributed by atoms with Crippen LogP contribution in [0.3, 0.4) is 0 Å². The predicted molar refractivity (Wildman–Crippen MR) is 124 cm³/mol. The number of rotatable bonds is 5. The molecular weight excluding hydrogens is 457 g/mol. The van der Waals surface area contributed by atoms with Gasteiger partial charge in [-0.1, -0.05) is 6.07 Å². The average Bonchev–Trinajstić information content (AvgIpc) is 3.67. The standard InChI is InChI=1S/C24H28FN5O5/c1-28-6-7-29(22(32)15-8-14-2-3-16(25)9-20(14)35-13-15)18(12-28)10-26-21(31)19-11-27-24(34)30(23(19)33)17-4-5-17/h2-3,9,11,15,17-18H,4-8,10,12-13H2,1H3,(H,26,31)(H,27,34). The molecule has 2 atom stereocenters. The summed E-state index contributed by atoms with van der Waals surface area (Å²) in [5.74, 6) is -0.978. The van der Waals surface area contributed by atoms with Gasteiger partial charge in [0.2, 0.25) is 5.91 Å². The number of hydrogen-bond donors (Lipinski definition) is 2. The van der Waals surface area contributed by atoms with Gasteiger partial charge in [0.1, 0.15) is 23.7 Å². The smallest absolute Gasteiger partial charge is 0.328 e. The molecule has 2 aromatic rings. The van der Waals surface area contributed by atoms with E-state index in [0.717, 1.165) is 29.2 Å². The van der Waals surface area contributed by atoms with Crippen molar-refractivity contribution in [2.24, 2.45) is 5.92 Å². The van der Waals surface area contributed by atoms with E-state index in [0.29, 0.717) is 31.8 Å². The summed E-state index contributed by atoms with van der Waals surface area (Å²) in [5, 5.41) is 2.78. The van der Waals surface area contributed by atoms with Gasteiger partial charge < -0.3 is 24.8 Å². The SMILES string of the molecule is CN1CCN(C(=O)C2COc3cc(F)ccc3C2)C(CNC(=O)c2c[nH]c(=O)n(C3CC3)c2=O)C1. The van der Waals surface area contributed by atoms with Crippen LogP contribution in [0.2, 0.25) is 0 Å². The van der Waals surface area contributed by atoms with Crippen LogP contribution in [0.25, 0.3) is 0 Å². The summed E-state index contributed by atoms with van der Waals surface area (Å²) in [6.45, 7) is 2.07. The molecule has 10 nitrogen and oxygen atoms in total. The van der Waals surface area contributed by atoms with E-state index >= 15 is 0 Å². The summed E-state index contributed by atoms with van der Waals surface area (Å²) < 4.78 is 20.2. The first-order valence-corrected chi connectivity index (χ1v) is 11.8. The van der Waals surface area contributed by atoms with Crippen LogP contribution in [0.15, 0.2) is 34.0 Å². The predicted octanol–water partition coefficient (Wildman–Crippen LogP) is 0.134. The number of H-pyrrole nitrogens is 1. The summed E-state index contributed by atoms with van der Waals surface area (Å²) in [7, 11) is 1.95. The third-order valence-electron chi connectivity index (χ3n) is 6.92. The molecule has 2 N–H and O–H groups in total. The number of halogens is 1. The van der Waals surface area contributed by atoms with E-state index in [1.165, 1.54) is 12.1 Å². The number of fused-ring (bicyclic) bond motifs is 1. The number of carbonyl (C=O) groups is 2. The van der Waals surface area contributed by atoms with E-state index in [9.17, 15) is 23.6 Å². The summed E-state index contributed by atoms with van der Waals surface area (Å²) >= 11 is 0. The number of nitrogens with zero attached hydrogens (tertiary/aromatic N) is 3. The summed E-state index contributed by atoms with van der Waals surface area (Å²) in [5.41, 5.74) is -0.446. The molecule has 3 aliphatic rings. The number of likely N-dealkylation sites (N-methyl/N-ethyl adjacent to an activating group) is 1. The van der Waals surface area contributed by atoms with Gasteiger partial charge in [0, 0.05) is 44.5 Å². The molecule has 0 radical (unpaired) electrons. The maximum Gasteiger partial charge on any atom is 0.328 e. The first-order valence-electron chi connectivity index (χ1n) is 11.8. The van der Waals surface area contributed by atoms with Crippen LogP contribution >= 0.6 is 0 Å². The lowest BCUT2D eigenvalue weighted by molar-refractivity contribution is -0.141. The fraction of sp³-hybridized carbons (Fsp3) is 0.500. The van der Waals surface area contributed by atoms with Crippen molar-refractivity contribution in [3.05, 3.63) is 62.2 Å². The first-order chi connectivity index (χ1) is 16.8. The lowest BCUT2D eigenvalue weighted by Gasteiger charge is -2.42. The molecule has 2 unspecified atom stereocenters. The number of carbonyl (C=O) groups excluding carboxylic acids is 2. The Morgan fingerprint density at radius 2 is 2.03 bits per heavy atom. The molecule has 1 aromatic carbocycles. The Bertz CT molecular complexity index is 1270. The zero-order valence-electron chi connectivity index (χ0n) is 19.5. The Hall–Kier alpha value is -3.47. The van der Waals surface area contributed by atoms with Gasteiger partial charge >= 0.3 is 5.69 Å². The van der Waals surface area contributed by atoms with Gasteiger partial charge in [-0.25, -0.2) is 9.18 Å².